The van der Waals surface area contributed by atoms with Crippen molar-refractivity contribution < 1.29 is 28.2 Å². The number of halogens is 1. The van der Waals surface area contributed by atoms with Crippen LogP contribution in [-0.2, 0) is 0 Å². The molecular formula is C19H15FO5S. The molecule has 0 spiro atoms. The van der Waals surface area contributed by atoms with Gasteiger partial charge >= 0.3 is 5.97 Å². The number of rotatable bonds is 5. The van der Waals surface area contributed by atoms with Gasteiger partial charge < -0.3 is 14.2 Å². The highest BCUT2D eigenvalue weighted by Gasteiger charge is 2.22. The molecule has 0 unspecified atom stereocenters. The van der Waals surface area contributed by atoms with Crippen LogP contribution in [0.4, 0.5) is 4.39 Å². The molecule has 0 aliphatic rings. The molecule has 0 saturated heterocycles. The van der Waals surface area contributed by atoms with Gasteiger partial charge in [-0.2, -0.15) is 0 Å². The first-order valence-corrected chi connectivity index (χ1v) is 8.43. The van der Waals surface area contributed by atoms with Gasteiger partial charge in [-0.15, -0.1) is 11.3 Å². The van der Waals surface area contributed by atoms with Gasteiger partial charge in [-0.05, 0) is 48.7 Å². The van der Waals surface area contributed by atoms with Crippen LogP contribution in [-0.4, -0.2) is 26.0 Å². The van der Waals surface area contributed by atoms with Crippen LogP contribution < -0.4 is 14.2 Å². The molecule has 0 atom stereocenters. The van der Waals surface area contributed by atoms with Gasteiger partial charge in [0, 0.05) is 4.70 Å². The van der Waals surface area contributed by atoms with Crippen molar-refractivity contribution in [1.29, 1.82) is 0 Å². The lowest BCUT2D eigenvalue weighted by atomic mass is 10.1. The SMILES string of the molecule is COc1ccc2cc(C(=O)Oc3c(OC)ccc(C(C)=O)c3F)sc2c1. The zero-order chi connectivity index (χ0) is 18.8. The molecule has 2 aromatic carbocycles. The summed E-state index contributed by atoms with van der Waals surface area (Å²) < 4.78 is 30.8. The maximum Gasteiger partial charge on any atom is 0.353 e. The van der Waals surface area contributed by atoms with Gasteiger partial charge in [0.1, 0.15) is 10.6 Å². The molecule has 0 saturated carbocycles. The molecule has 1 heterocycles. The Kier molecular flexibility index (Phi) is 4.90. The number of methoxy groups -OCH3 is 2. The van der Waals surface area contributed by atoms with E-state index in [-0.39, 0.29) is 11.3 Å². The monoisotopic (exact) mass is 374 g/mol. The van der Waals surface area contributed by atoms with Gasteiger partial charge in [0.15, 0.2) is 17.3 Å². The van der Waals surface area contributed by atoms with Crippen LogP contribution in [0.15, 0.2) is 36.4 Å². The Morgan fingerprint density at radius 3 is 2.46 bits per heavy atom. The number of hydrogen-bond donors (Lipinski definition) is 0. The molecule has 26 heavy (non-hydrogen) atoms. The number of hydrogen-bond acceptors (Lipinski definition) is 6. The number of Topliss-reactive ketones (excluding diaryl/α,β-unsaturated/α-hetero) is 1. The van der Waals surface area contributed by atoms with E-state index < -0.39 is 23.3 Å². The van der Waals surface area contributed by atoms with E-state index in [2.05, 4.69) is 0 Å². The quantitative estimate of drug-likeness (QED) is 0.374. The van der Waals surface area contributed by atoms with Crippen molar-refractivity contribution in [2.24, 2.45) is 0 Å². The molecule has 0 bridgehead atoms. The van der Waals surface area contributed by atoms with Crippen molar-refractivity contribution in [2.45, 2.75) is 6.92 Å². The fourth-order valence-electron chi connectivity index (χ4n) is 2.45. The Bertz CT molecular complexity index is 1010. The topological polar surface area (TPSA) is 61.8 Å². The summed E-state index contributed by atoms with van der Waals surface area (Å²) in [5.74, 6) is -1.84. The summed E-state index contributed by atoms with van der Waals surface area (Å²) in [5.41, 5.74) is -0.172. The van der Waals surface area contributed by atoms with E-state index >= 15 is 0 Å². The van der Waals surface area contributed by atoms with Crippen molar-refractivity contribution in [3.05, 3.63) is 52.7 Å². The number of ketones is 1. The molecule has 134 valence electrons. The fraction of sp³-hybridized carbons (Fsp3) is 0.158. The second-order valence-corrected chi connectivity index (χ2v) is 6.50. The number of carbonyl (C=O) groups is 2. The summed E-state index contributed by atoms with van der Waals surface area (Å²) in [5, 5.41) is 0.840. The number of thiophene rings is 1. The van der Waals surface area contributed by atoms with E-state index in [0.29, 0.717) is 10.6 Å². The molecule has 1 aromatic heterocycles. The molecule has 5 nitrogen and oxygen atoms in total. The Morgan fingerprint density at radius 2 is 1.81 bits per heavy atom. The summed E-state index contributed by atoms with van der Waals surface area (Å²) in [6.07, 6.45) is 0. The van der Waals surface area contributed by atoms with Crippen molar-refractivity contribution >= 4 is 33.2 Å². The second kappa shape index (κ2) is 7.13. The van der Waals surface area contributed by atoms with Crippen LogP contribution in [0.5, 0.6) is 17.2 Å². The third-order valence-corrected chi connectivity index (χ3v) is 4.86. The largest absolute Gasteiger partial charge is 0.497 e. The van der Waals surface area contributed by atoms with E-state index in [4.69, 9.17) is 14.2 Å². The van der Waals surface area contributed by atoms with Gasteiger partial charge in [-0.25, -0.2) is 9.18 Å². The predicted molar refractivity (Wildman–Crippen MR) is 96.3 cm³/mol. The fourth-order valence-corrected chi connectivity index (χ4v) is 3.42. The van der Waals surface area contributed by atoms with Crippen molar-refractivity contribution in [2.75, 3.05) is 14.2 Å². The molecule has 3 rings (SSSR count). The zero-order valence-corrected chi connectivity index (χ0v) is 15.1. The van der Waals surface area contributed by atoms with Crippen molar-refractivity contribution in [3.8, 4) is 17.2 Å². The van der Waals surface area contributed by atoms with Crippen LogP contribution in [0.25, 0.3) is 10.1 Å². The van der Waals surface area contributed by atoms with E-state index in [1.807, 2.05) is 6.07 Å². The lowest BCUT2D eigenvalue weighted by Gasteiger charge is -2.11. The van der Waals surface area contributed by atoms with Crippen LogP contribution in [0.1, 0.15) is 27.0 Å². The number of fused-ring (bicyclic) bond motifs is 1. The molecule has 0 N–H and O–H groups in total. The number of esters is 1. The summed E-state index contributed by atoms with van der Waals surface area (Å²) in [6.45, 7) is 1.23. The highest BCUT2D eigenvalue weighted by molar-refractivity contribution is 7.20. The minimum Gasteiger partial charge on any atom is -0.497 e. The van der Waals surface area contributed by atoms with Gasteiger partial charge in [0.05, 0.1) is 19.8 Å². The Labute approximate surface area is 152 Å². The first kappa shape index (κ1) is 17.9. The molecule has 0 fully saturated rings. The van der Waals surface area contributed by atoms with Gasteiger partial charge in [0.25, 0.3) is 0 Å². The molecule has 0 amide bonds. The van der Waals surface area contributed by atoms with Gasteiger partial charge in [0.2, 0.25) is 5.75 Å². The standard InChI is InChI=1S/C19H15FO5S/c1-10(21)13-6-7-14(24-3)18(17(13)20)25-19(22)16-8-11-4-5-12(23-2)9-15(11)26-16/h4-9H,1-3H3. The van der Waals surface area contributed by atoms with E-state index in [1.54, 1.807) is 25.3 Å². The number of carbonyl (C=O) groups excluding carboxylic acids is 2. The van der Waals surface area contributed by atoms with Crippen LogP contribution >= 0.6 is 11.3 Å². The third-order valence-electron chi connectivity index (χ3n) is 3.78. The Balaban J connectivity index is 1.97. The minimum atomic E-state index is -0.923. The predicted octanol–water partition coefficient (Wildman–Crippen LogP) is 4.48. The number of benzene rings is 2. The maximum atomic E-state index is 14.6. The molecule has 3 aromatic rings. The lowest BCUT2D eigenvalue weighted by Crippen LogP contribution is -2.10. The average molecular weight is 374 g/mol. The van der Waals surface area contributed by atoms with Gasteiger partial charge in [-0.1, -0.05) is 0 Å². The lowest BCUT2D eigenvalue weighted by molar-refractivity contribution is 0.0725. The van der Waals surface area contributed by atoms with E-state index in [9.17, 15) is 14.0 Å². The Morgan fingerprint density at radius 1 is 1.04 bits per heavy atom. The number of ether oxygens (including phenoxy) is 3. The molecule has 0 radical (unpaired) electrons. The summed E-state index contributed by atoms with van der Waals surface area (Å²) in [6, 6.07) is 9.73. The first-order valence-electron chi connectivity index (χ1n) is 7.61. The molecule has 7 heteroatoms. The van der Waals surface area contributed by atoms with Crippen LogP contribution in [0.3, 0.4) is 0 Å². The summed E-state index contributed by atoms with van der Waals surface area (Å²) >= 11 is 1.20. The highest BCUT2D eigenvalue weighted by Crippen LogP contribution is 2.35. The van der Waals surface area contributed by atoms with Gasteiger partial charge in [-0.3, -0.25) is 4.79 Å². The van der Waals surface area contributed by atoms with E-state index in [1.165, 1.54) is 37.5 Å². The highest BCUT2D eigenvalue weighted by atomic mass is 32.1. The van der Waals surface area contributed by atoms with Crippen LogP contribution in [0.2, 0.25) is 0 Å². The summed E-state index contributed by atoms with van der Waals surface area (Å²) in [7, 11) is 2.88. The zero-order valence-electron chi connectivity index (χ0n) is 14.3. The second-order valence-electron chi connectivity index (χ2n) is 5.42. The maximum absolute atomic E-state index is 14.6. The third kappa shape index (κ3) is 3.25. The molecular weight excluding hydrogens is 359 g/mol. The summed E-state index contributed by atoms with van der Waals surface area (Å²) in [4.78, 5) is 24.3. The normalized spacial score (nSPS) is 10.6. The molecule has 0 aliphatic heterocycles. The average Bonchev–Trinajstić information content (AvgIpc) is 3.06. The smallest absolute Gasteiger partial charge is 0.353 e. The van der Waals surface area contributed by atoms with Crippen molar-refractivity contribution in [1.82, 2.24) is 0 Å². The van der Waals surface area contributed by atoms with Crippen LogP contribution in [0, 0.1) is 5.82 Å². The van der Waals surface area contributed by atoms with E-state index in [0.717, 1.165) is 10.1 Å². The molecule has 0 aliphatic carbocycles. The van der Waals surface area contributed by atoms with Crippen molar-refractivity contribution in [3.63, 3.8) is 0 Å². The minimum absolute atomic E-state index is 0.0311. The first-order chi connectivity index (χ1) is 12.4. The Hall–Kier alpha value is -2.93.